The van der Waals surface area contributed by atoms with Crippen molar-refractivity contribution in [3.05, 3.63) is 101 Å². The highest BCUT2D eigenvalue weighted by Gasteiger charge is 2.17. The third-order valence-electron chi connectivity index (χ3n) is 4.81. The van der Waals surface area contributed by atoms with Gasteiger partial charge in [0.05, 0.1) is 19.3 Å². The van der Waals surface area contributed by atoms with E-state index >= 15 is 0 Å². The van der Waals surface area contributed by atoms with Crippen molar-refractivity contribution in [2.75, 3.05) is 13.7 Å². The van der Waals surface area contributed by atoms with E-state index in [0.717, 1.165) is 5.69 Å². The van der Waals surface area contributed by atoms with Crippen LogP contribution < -0.4 is 10.3 Å². The zero-order chi connectivity index (χ0) is 20.9. The highest BCUT2D eigenvalue weighted by Crippen LogP contribution is 2.20. The van der Waals surface area contributed by atoms with E-state index in [4.69, 9.17) is 9.47 Å². The molecule has 150 valence electrons. The predicted molar refractivity (Wildman–Crippen MR) is 114 cm³/mol. The topological polar surface area (TPSA) is 70.4 Å². The van der Waals surface area contributed by atoms with Gasteiger partial charge in [0.2, 0.25) is 0 Å². The molecule has 4 rings (SSSR count). The number of benzene rings is 2. The Morgan fingerprint density at radius 1 is 0.967 bits per heavy atom. The largest absolute Gasteiger partial charge is 0.497 e. The second-order valence-electron chi connectivity index (χ2n) is 6.67. The van der Waals surface area contributed by atoms with Crippen molar-refractivity contribution in [1.29, 1.82) is 0 Å². The van der Waals surface area contributed by atoms with Crippen LogP contribution in [0.5, 0.6) is 5.75 Å². The molecule has 0 aliphatic rings. The minimum absolute atomic E-state index is 0.200. The predicted octanol–water partition coefficient (Wildman–Crippen LogP) is 3.79. The minimum Gasteiger partial charge on any atom is -0.497 e. The maximum atomic E-state index is 13.0. The number of hydrogen-bond acceptors (Lipinski definition) is 5. The van der Waals surface area contributed by atoms with E-state index in [1.807, 2.05) is 18.2 Å². The van der Waals surface area contributed by atoms with E-state index < -0.39 is 5.97 Å². The Hall–Kier alpha value is -3.93. The number of nitrogens with zero attached hydrogens (tertiary/aromatic N) is 2. The van der Waals surface area contributed by atoms with Gasteiger partial charge >= 0.3 is 5.97 Å². The molecule has 0 bridgehead atoms. The molecule has 0 atom stereocenters. The lowest BCUT2D eigenvalue weighted by Gasteiger charge is -2.12. The van der Waals surface area contributed by atoms with Crippen LogP contribution in [0.3, 0.4) is 0 Å². The van der Waals surface area contributed by atoms with Crippen molar-refractivity contribution >= 4 is 16.7 Å². The molecule has 0 amide bonds. The molecule has 0 saturated heterocycles. The van der Waals surface area contributed by atoms with E-state index in [-0.39, 0.29) is 12.2 Å². The first kappa shape index (κ1) is 19.4. The van der Waals surface area contributed by atoms with Crippen LogP contribution in [0, 0.1) is 0 Å². The van der Waals surface area contributed by atoms with E-state index in [0.29, 0.717) is 34.2 Å². The summed E-state index contributed by atoms with van der Waals surface area (Å²) in [4.78, 5) is 30.1. The minimum atomic E-state index is -0.482. The molecule has 0 saturated carbocycles. The number of fused-ring (bicyclic) bond motifs is 1. The van der Waals surface area contributed by atoms with Crippen LogP contribution in [-0.2, 0) is 11.2 Å². The van der Waals surface area contributed by atoms with Gasteiger partial charge in [-0.1, -0.05) is 24.3 Å². The van der Waals surface area contributed by atoms with Crippen LogP contribution >= 0.6 is 0 Å². The first-order chi connectivity index (χ1) is 14.7. The molecule has 6 nitrogen and oxygen atoms in total. The molecule has 6 heteroatoms. The van der Waals surface area contributed by atoms with Crippen LogP contribution in [0.1, 0.15) is 16.1 Å². The molecule has 0 N–H and O–H groups in total. The normalized spacial score (nSPS) is 10.7. The summed E-state index contributed by atoms with van der Waals surface area (Å²) in [5.41, 5.74) is 1.61. The fourth-order valence-electron chi connectivity index (χ4n) is 3.26. The molecule has 0 unspecified atom stereocenters. The lowest BCUT2D eigenvalue weighted by atomic mass is 10.1. The fourth-order valence-corrected chi connectivity index (χ4v) is 3.26. The van der Waals surface area contributed by atoms with Crippen LogP contribution in [-0.4, -0.2) is 29.2 Å². The van der Waals surface area contributed by atoms with Gasteiger partial charge in [-0.05, 0) is 42.5 Å². The Morgan fingerprint density at radius 3 is 2.40 bits per heavy atom. The van der Waals surface area contributed by atoms with Gasteiger partial charge in [0.1, 0.15) is 5.75 Å². The van der Waals surface area contributed by atoms with E-state index in [1.54, 1.807) is 61.8 Å². The van der Waals surface area contributed by atoms with Gasteiger partial charge in [-0.3, -0.25) is 14.3 Å². The Bertz CT molecular complexity index is 1230. The SMILES string of the molecule is COc1ccc(-n2cc(C(=O)OCCc3ccccn3)c3ccccc3c2=O)cc1. The molecule has 30 heavy (non-hydrogen) atoms. The number of esters is 1. The summed E-state index contributed by atoms with van der Waals surface area (Å²) in [7, 11) is 1.58. The number of pyridine rings is 2. The van der Waals surface area contributed by atoms with Gasteiger partial charge in [0, 0.05) is 41.0 Å². The van der Waals surface area contributed by atoms with Crippen molar-refractivity contribution in [3.8, 4) is 11.4 Å². The monoisotopic (exact) mass is 400 g/mol. The number of methoxy groups -OCH3 is 1. The quantitative estimate of drug-likeness (QED) is 0.461. The van der Waals surface area contributed by atoms with E-state index in [2.05, 4.69) is 4.98 Å². The van der Waals surface area contributed by atoms with E-state index in [9.17, 15) is 9.59 Å². The van der Waals surface area contributed by atoms with Crippen LogP contribution in [0.4, 0.5) is 0 Å². The molecule has 0 fully saturated rings. The van der Waals surface area contributed by atoms with Gasteiger partial charge in [-0.2, -0.15) is 0 Å². The Kier molecular flexibility index (Phi) is 5.57. The number of carbonyl (C=O) groups excluding carboxylic acids is 1. The molecule has 4 aromatic rings. The zero-order valence-electron chi connectivity index (χ0n) is 16.4. The zero-order valence-corrected chi connectivity index (χ0v) is 16.4. The molecule has 0 spiro atoms. The van der Waals surface area contributed by atoms with Gasteiger partial charge in [0.15, 0.2) is 0 Å². The molecule has 0 aliphatic carbocycles. The number of hydrogen-bond donors (Lipinski definition) is 0. The molecule has 0 radical (unpaired) electrons. The number of aromatic nitrogens is 2. The van der Waals surface area contributed by atoms with Gasteiger partial charge < -0.3 is 9.47 Å². The highest BCUT2D eigenvalue weighted by molar-refractivity contribution is 6.04. The lowest BCUT2D eigenvalue weighted by molar-refractivity contribution is 0.0510. The average molecular weight is 400 g/mol. The van der Waals surface area contributed by atoms with Crippen LogP contribution in [0.15, 0.2) is 83.9 Å². The van der Waals surface area contributed by atoms with Gasteiger partial charge in [-0.25, -0.2) is 4.79 Å². The van der Waals surface area contributed by atoms with E-state index in [1.165, 1.54) is 10.8 Å². The summed E-state index contributed by atoms with van der Waals surface area (Å²) >= 11 is 0. The van der Waals surface area contributed by atoms with Crippen molar-refractivity contribution in [3.63, 3.8) is 0 Å². The average Bonchev–Trinajstić information content (AvgIpc) is 2.80. The Labute approximate surface area is 173 Å². The second-order valence-corrected chi connectivity index (χ2v) is 6.67. The first-order valence-corrected chi connectivity index (χ1v) is 9.53. The van der Waals surface area contributed by atoms with Crippen molar-refractivity contribution < 1.29 is 14.3 Å². The lowest BCUT2D eigenvalue weighted by Crippen LogP contribution is -2.21. The first-order valence-electron chi connectivity index (χ1n) is 9.53. The third kappa shape index (κ3) is 3.93. The number of rotatable bonds is 6. The highest BCUT2D eigenvalue weighted by atomic mass is 16.5. The summed E-state index contributed by atoms with van der Waals surface area (Å²) in [6.45, 7) is 0.200. The van der Waals surface area contributed by atoms with Crippen molar-refractivity contribution in [2.45, 2.75) is 6.42 Å². The third-order valence-corrected chi connectivity index (χ3v) is 4.81. The molecule has 0 aliphatic heterocycles. The summed E-state index contributed by atoms with van der Waals surface area (Å²) in [5, 5.41) is 1.02. The number of carbonyl (C=O) groups is 1. The van der Waals surface area contributed by atoms with Crippen LogP contribution in [0.2, 0.25) is 0 Å². The fraction of sp³-hybridized carbons (Fsp3) is 0.125. The summed E-state index contributed by atoms with van der Waals surface area (Å²) in [6.07, 6.45) is 3.76. The Balaban J connectivity index is 1.68. The summed E-state index contributed by atoms with van der Waals surface area (Å²) < 4.78 is 12.1. The molecule has 2 aromatic carbocycles. The Morgan fingerprint density at radius 2 is 1.70 bits per heavy atom. The maximum absolute atomic E-state index is 13.0. The van der Waals surface area contributed by atoms with Crippen LogP contribution in [0.25, 0.3) is 16.5 Å². The van der Waals surface area contributed by atoms with Crippen molar-refractivity contribution in [1.82, 2.24) is 9.55 Å². The van der Waals surface area contributed by atoms with Gasteiger partial charge in [0.25, 0.3) is 5.56 Å². The second kappa shape index (κ2) is 8.61. The molecular weight excluding hydrogens is 380 g/mol. The molecule has 2 heterocycles. The maximum Gasteiger partial charge on any atom is 0.340 e. The molecular formula is C24H20N2O4. The van der Waals surface area contributed by atoms with Gasteiger partial charge in [-0.15, -0.1) is 0 Å². The van der Waals surface area contributed by atoms with Crippen molar-refractivity contribution in [2.24, 2.45) is 0 Å². The standard InChI is InChI=1S/C24H20N2O4/c1-29-19-11-9-18(10-12-19)26-16-22(20-7-2-3-8-21(20)23(26)27)24(28)30-15-13-17-6-4-5-14-25-17/h2-12,14,16H,13,15H2,1H3. The number of ether oxygens (including phenoxy) is 2. The summed E-state index contributed by atoms with van der Waals surface area (Å²) in [6, 6.07) is 19.7. The summed E-state index contributed by atoms with van der Waals surface area (Å²) in [5.74, 6) is 0.200. The molecule has 2 aromatic heterocycles. The smallest absolute Gasteiger partial charge is 0.340 e.